The molecule has 0 saturated heterocycles. The van der Waals surface area contributed by atoms with Crippen LogP contribution in [0.5, 0.6) is 0 Å². The van der Waals surface area contributed by atoms with Crippen LogP contribution < -0.4 is 16.2 Å². The molecule has 0 heterocycles. The lowest BCUT2D eigenvalue weighted by molar-refractivity contribution is -0.125. The van der Waals surface area contributed by atoms with E-state index in [1.807, 2.05) is 13.8 Å². The number of carbonyl (C=O) groups is 1. The van der Waals surface area contributed by atoms with Crippen LogP contribution in [0.3, 0.4) is 0 Å². The minimum atomic E-state index is -3.82. The molecule has 1 aromatic rings. The van der Waals surface area contributed by atoms with E-state index in [0.29, 0.717) is 24.1 Å². The van der Waals surface area contributed by atoms with Crippen molar-refractivity contribution < 1.29 is 13.2 Å². The maximum atomic E-state index is 12.4. The molecule has 0 aliphatic carbocycles. The Bertz CT molecular complexity index is 620. The minimum Gasteiger partial charge on any atom is -0.329 e. The molecule has 0 radical (unpaired) electrons. The normalized spacial score (nSPS) is 11.7. The third-order valence-corrected chi connectivity index (χ3v) is 5.03. The first kappa shape index (κ1) is 20.9. The Morgan fingerprint density at radius 1 is 1.27 bits per heavy atom. The van der Waals surface area contributed by atoms with Crippen molar-refractivity contribution in [3.8, 4) is 0 Å². The Hall–Kier alpha value is -1.15. The van der Waals surface area contributed by atoms with Gasteiger partial charge in [-0.25, -0.2) is 13.6 Å². The number of benzene rings is 1. The van der Waals surface area contributed by atoms with E-state index in [1.54, 1.807) is 19.1 Å². The van der Waals surface area contributed by atoms with E-state index in [2.05, 4.69) is 5.32 Å². The average molecular weight is 350 g/mol. The molecule has 5 N–H and O–H groups in total. The number of halogens is 1. The maximum Gasteiger partial charge on any atom is 0.238 e. The number of sulfonamides is 1. The maximum absolute atomic E-state index is 12.4. The van der Waals surface area contributed by atoms with Crippen molar-refractivity contribution in [2.24, 2.45) is 16.3 Å². The van der Waals surface area contributed by atoms with Crippen molar-refractivity contribution in [2.75, 3.05) is 11.9 Å². The van der Waals surface area contributed by atoms with Gasteiger partial charge in [0, 0.05) is 12.2 Å². The van der Waals surface area contributed by atoms with E-state index >= 15 is 0 Å². The summed E-state index contributed by atoms with van der Waals surface area (Å²) in [5.41, 5.74) is 6.02. The summed E-state index contributed by atoms with van der Waals surface area (Å²) in [6.07, 6.45) is 1.22. The van der Waals surface area contributed by atoms with Crippen molar-refractivity contribution in [3.05, 3.63) is 23.8 Å². The van der Waals surface area contributed by atoms with Crippen LogP contribution in [0.2, 0.25) is 0 Å². The first-order valence-electron chi connectivity index (χ1n) is 6.85. The summed E-state index contributed by atoms with van der Waals surface area (Å²) in [5.74, 6) is -0.209. The SMILES string of the molecule is CCC(CC)(CN)C(=O)Nc1ccc(C)c(S(N)(=O)=O)c1.Cl. The van der Waals surface area contributed by atoms with Crippen LogP contribution >= 0.6 is 12.4 Å². The Balaban J connectivity index is 0.00000441. The lowest BCUT2D eigenvalue weighted by atomic mass is 9.81. The number of hydrogen-bond acceptors (Lipinski definition) is 4. The molecule has 0 unspecified atom stereocenters. The van der Waals surface area contributed by atoms with Gasteiger partial charge in [0.25, 0.3) is 0 Å². The number of rotatable bonds is 6. The van der Waals surface area contributed by atoms with E-state index < -0.39 is 15.4 Å². The first-order valence-corrected chi connectivity index (χ1v) is 8.39. The molecule has 1 rings (SSSR count). The van der Waals surface area contributed by atoms with Crippen molar-refractivity contribution in [2.45, 2.75) is 38.5 Å². The molecule has 0 aromatic heterocycles. The summed E-state index contributed by atoms with van der Waals surface area (Å²) in [6.45, 7) is 5.69. The Labute approximate surface area is 138 Å². The highest BCUT2D eigenvalue weighted by molar-refractivity contribution is 7.89. The number of carbonyl (C=O) groups excluding carboxylic acids is 1. The van der Waals surface area contributed by atoms with Crippen LogP contribution in [0, 0.1) is 12.3 Å². The summed E-state index contributed by atoms with van der Waals surface area (Å²) in [5, 5.41) is 7.90. The number of nitrogens with two attached hydrogens (primary N) is 2. The average Bonchev–Trinajstić information content (AvgIpc) is 2.42. The molecule has 0 bridgehead atoms. The van der Waals surface area contributed by atoms with Crippen LogP contribution in [0.4, 0.5) is 5.69 Å². The first-order chi connectivity index (χ1) is 9.70. The second-order valence-electron chi connectivity index (χ2n) is 5.17. The van der Waals surface area contributed by atoms with Crippen LogP contribution in [-0.4, -0.2) is 20.9 Å². The van der Waals surface area contributed by atoms with E-state index in [0.717, 1.165) is 0 Å². The highest BCUT2D eigenvalue weighted by Gasteiger charge is 2.33. The van der Waals surface area contributed by atoms with Gasteiger partial charge in [0.1, 0.15) is 0 Å². The summed E-state index contributed by atoms with van der Waals surface area (Å²) < 4.78 is 23.0. The van der Waals surface area contributed by atoms with Crippen molar-refractivity contribution in [3.63, 3.8) is 0 Å². The largest absolute Gasteiger partial charge is 0.329 e. The van der Waals surface area contributed by atoms with E-state index in [1.165, 1.54) is 6.07 Å². The molecule has 8 heteroatoms. The van der Waals surface area contributed by atoms with Gasteiger partial charge in [-0.2, -0.15) is 0 Å². The molecule has 0 atom stereocenters. The van der Waals surface area contributed by atoms with E-state index in [9.17, 15) is 13.2 Å². The highest BCUT2D eigenvalue weighted by atomic mass is 35.5. The van der Waals surface area contributed by atoms with Crippen molar-refractivity contribution in [1.82, 2.24) is 0 Å². The molecule has 22 heavy (non-hydrogen) atoms. The molecule has 1 aromatic carbocycles. The van der Waals surface area contributed by atoms with Crippen molar-refractivity contribution >= 4 is 34.0 Å². The molecule has 0 aliphatic rings. The number of hydrogen-bond donors (Lipinski definition) is 3. The van der Waals surface area contributed by atoms with Gasteiger partial charge in [-0.05, 0) is 37.5 Å². The summed E-state index contributed by atoms with van der Waals surface area (Å²) >= 11 is 0. The topological polar surface area (TPSA) is 115 Å². The monoisotopic (exact) mass is 349 g/mol. The van der Waals surface area contributed by atoms with Gasteiger partial charge >= 0.3 is 0 Å². The predicted octanol–water partition coefficient (Wildman–Crippen LogP) is 1.77. The summed E-state index contributed by atoms with van der Waals surface area (Å²) in [7, 11) is -3.82. The number of amides is 1. The van der Waals surface area contributed by atoms with E-state index in [-0.39, 0.29) is 29.8 Å². The fourth-order valence-electron chi connectivity index (χ4n) is 2.20. The molecule has 1 amide bonds. The zero-order chi connectivity index (χ0) is 16.3. The smallest absolute Gasteiger partial charge is 0.238 e. The lowest BCUT2D eigenvalue weighted by Crippen LogP contribution is -2.41. The Morgan fingerprint density at radius 2 is 1.82 bits per heavy atom. The van der Waals surface area contributed by atoms with Crippen LogP contribution in [-0.2, 0) is 14.8 Å². The van der Waals surface area contributed by atoms with Gasteiger partial charge in [-0.1, -0.05) is 19.9 Å². The van der Waals surface area contributed by atoms with Crippen LogP contribution in [0.25, 0.3) is 0 Å². The standard InChI is InChI=1S/C14H23N3O3S.ClH/c1-4-14(5-2,9-15)13(18)17-11-7-6-10(3)12(8-11)21(16,19)20;/h6-8H,4-5,9,15H2,1-3H3,(H,17,18)(H2,16,19,20);1H. The Kier molecular flexibility index (Phi) is 7.50. The van der Waals surface area contributed by atoms with Gasteiger partial charge in [0.15, 0.2) is 0 Å². The molecule has 0 spiro atoms. The van der Waals surface area contributed by atoms with Gasteiger partial charge in [0.05, 0.1) is 10.3 Å². The second-order valence-corrected chi connectivity index (χ2v) is 6.70. The van der Waals surface area contributed by atoms with Crippen molar-refractivity contribution in [1.29, 1.82) is 0 Å². The molecule has 126 valence electrons. The Morgan fingerprint density at radius 3 is 2.23 bits per heavy atom. The van der Waals surface area contributed by atoms with Gasteiger partial charge < -0.3 is 11.1 Å². The zero-order valence-electron chi connectivity index (χ0n) is 13.0. The second kappa shape index (κ2) is 7.92. The van der Waals surface area contributed by atoms with Gasteiger partial charge in [-0.3, -0.25) is 4.79 Å². The van der Waals surface area contributed by atoms with Crippen LogP contribution in [0.15, 0.2) is 23.1 Å². The quantitative estimate of drug-likeness (QED) is 0.725. The molecule has 0 fully saturated rings. The number of anilines is 1. The zero-order valence-corrected chi connectivity index (χ0v) is 14.7. The molecular formula is C14H24ClN3O3S. The molecule has 0 saturated carbocycles. The fourth-order valence-corrected chi connectivity index (χ4v) is 3.01. The third kappa shape index (κ3) is 4.42. The molecule has 0 aliphatic heterocycles. The van der Waals surface area contributed by atoms with Crippen LogP contribution in [0.1, 0.15) is 32.3 Å². The summed E-state index contributed by atoms with van der Waals surface area (Å²) in [6, 6.07) is 4.63. The fraction of sp³-hybridized carbons (Fsp3) is 0.500. The van der Waals surface area contributed by atoms with E-state index in [4.69, 9.17) is 10.9 Å². The number of primary sulfonamides is 1. The number of nitrogens with one attached hydrogen (secondary N) is 1. The van der Waals surface area contributed by atoms with Gasteiger partial charge in [0.2, 0.25) is 15.9 Å². The lowest BCUT2D eigenvalue weighted by Gasteiger charge is -2.28. The minimum absolute atomic E-state index is 0. The number of aryl methyl sites for hydroxylation is 1. The predicted molar refractivity (Wildman–Crippen MR) is 90.5 cm³/mol. The summed E-state index contributed by atoms with van der Waals surface area (Å²) in [4.78, 5) is 12.4. The molecular weight excluding hydrogens is 326 g/mol. The third-order valence-electron chi connectivity index (χ3n) is 3.98. The highest BCUT2D eigenvalue weighted by Crippen LogP contribution is 2.28. The molecule has 6 nitrogen and oxygen atoms in total. The van der Waals surface area contributed by atoms with Gasteiger partial charge in [-0.15, -0.1) is 12.4 Å².